The van der Waals surface area contributed by atoms with E-state index in [1.165, 1.54) is 56.6 Å². The normalized spacial score (nSPS) is 23.8. The molecule has 2 nitrogen and oxygen atoms in total. The number of nitrogens with two attached hydrogens (primary N) is 1. The Balaban J connectivity index is 2.44. The van der Waals surface area contributed by atoms with E-state index < -0.39 is 0 Å². The maximum atomic E-state index is 5.99. The molecule has 1 fully saturated rings. The minimum atomic E-state index is 0.630. The molecule has 3 heteroatoms. The third-order valence-corrected chi connectivity index (χ3v) is 4.77. The van der Waals surface area contributed by atoms with Gasteiger partial charge in [0.2, 0.25) is 0 Å². The second kappa shape index (κ2) is 9.23. The number of likely N-dealkylation sites (tertiary alicyclic amines) is 1. The topological polar surface area (TPSA) is 29.3 Å². The monoisotopic (exact) mass is 258 g/mol. The van der Waals surface area contributed by atoms with Gasteiger partial charge >= 0.3 is 0 Å². The third-order valence-electron chi connectivity index (χ3n) is 3.84. The number of piperidine rings is 1. The first-order chi connectivity index (χ1) is 8.33. The third kappa shape index (κ3) is 5.19. The summed E-state index contributed by atoms with van der Waals surface area (Å²) in [6, 6.07) is 1.44. The summed E-state index contributed by atoms with van der Waals surface area (Å²) in [5, 5.41) is 0. The fourth-order valence-electron chi connectivity index (χ4n) is 2.93. The first kappa shape index (κ1) is 15.3. The van der Waals surface area contributed by atoms with Crippen LogP contribution in [-0.4, -0.2) is 41.6 Å². The van der Waals surface area contributed by atoms with Gasteiger partial charge in [0.05, 0.1) is 0 Å². The maximum absolute atomic E-state index is 5.99. The molecule has 0 spiro atoms. The Morgan fingerprint density at radius 2 is 2.18 bits per heavy atom. The van der Waals surface area contributed by atoms with Crippen LogP contribution in [0.2, 0.25) is 0 Å². The minimum Gasteiger partial charge on any atom is -0.329 e. The lowest BCUT2D eigenvalue weighted by atomic mass is 9.95. The van der Waals surface area contributed by atoms with Crippen molar-refractivity contribution in [1.82, 2.24) is 4.90 Å². The molecule has 1 rings (SSSR count). The number of hydrogen-bond donors (Lipinski definition) is 1. The molecule has 2 unspecified atom stereocenters. The molecule has 1 saturated heterocycles. The summed E-state index contributed by atoms with van der Waals surface area (Å²) in [4.78, 5) is 2.73. The van der Waals surface area contributed by atoms with Crippen LogP contribution in [0, 0.1) is 0 Å². The second-order valence-electron chi connectivity index (χ2n) is 5.05. The minimum absolute atomic E-state index is 0.630. The van der Waals surface area contributed by atoms with E-state index in [2.05, 4.69) is 18.7 Å². The van der Waals surface area contributed by atoms with E-state index in [1.54, 1.807) is 0 Å². The van der Waals surface area contributed by atoms with Gasteiger partial charge in [-0.3, -0.25) is 4.90 Å². The lowest BCUT2D eigenvalue weighted by molar-refractivity contribution is 0.0899. The summed E-state index contributed by atoms with van der Waals surface area (Å²) in [7, 11) is 0. The van der Waals surface area contributed by atoms with E-state index in [9.17, 15) is 0 Å². The fraction of sp³-hybridized carbons (Fsp3) is 1.00. The van der Waals surface area contributed by atoms with Gasteiger partial charge in [0.25, 0.3) is 0 Å². The highest BCUT2D eigenvalue weighted by molar-refractivity contribution is 7.99. The Morgan fingerprint density at radius 1 is 1.35 bits per heavy atom. The summed E-state index contributed by atoms with van der Waals surface area (Å²) >= 11 is 2.05. The molecular formula is C14H30N2S. The predicted molar refractivity (Wildman–Crippen MR) is 79.7 cm³/mol. The first-order valence-electron chi connectivity index (χ1n) is 7.37. The molecule has 0 radical (unpaired) electrons. The second-order valence-corrected chi connectivity index (χ2v) is 6.45. The van der Waals surface area contributed by atoms with Crippen molar-refractivity contribution in [3.63, 3.8) is 0 Å². The zero-order chi connectivity index (χ0) is 12.5. The van der Waals surface area contributed by atoms with Crippen LogP contribution in [0.25, 0.3) is 0 Å². The smallest absolute Gasteiger partial charge is 0.0229 e. The number of hydrogen-bond acceptors (Lipinski definition) is 3. The van der Waals surface area contributed by atoms with Crippen molar-refractivity contribution in [2.45, 2.75) is 64.5 Å². The van der Waals surface area contributed by atoms with Crippen molar-refractivity contribution in [2.75, 3.05) is 24.6 Å². The lowest BCUT2D eigenvalue weighted by Crippen LogP contribution is -2.49. The van der Waals surface area contributed by atoms with Crippen LogP contribution in [-0.2, 0) is 0 Å². The summed E-state index contributed by atoms with van der Waals surface area (Å²) in [5.41, 5.74) is 5.99. The molecule has 0 aliphatic carbocycles. The van der Waals surface area contributed by atoms with Crippen molar-refractivity contribution in [3.8, 4) is 0 Å². The predicted octanol–water partition coefficient (Wildman–Crippen LogP) is 3.11. The van der Waals surface area contributed by atoms with Crippen LogP contribution >= 0.6 is 11.8 Å². The van der Waals surface area contributed by atoms with Crippen LogP contribution in [0.1, 0.15) is 52.4 Å². The van der Waals surface area contributed by atoms with Crippen LogP contribution < -0.4 is 5.73 Å². The highest BCUT2D eigenvalue weighted by atomic mass is 32.2. The maximum Gasteiger partial charge on any atom is 0.0229 e. The molecule has 0 aromatic rings. The van der Waals surface area contributed by atoms with Crippen LogP contribution in [0.15, 0.2) is 0 Å². The van der Waals surface area contributed by atoms with Gasteiger partial charge in [-0.2, -0.15) is 11.8 Å². The quantitative estimate of drug-likeness (QED) is 0.678. The van der Waals surface area contributed by atoms with Crippen molar-refractivity contribution >= 4 is 11.8 Å². The fourth-order valence-corrected chi connectivity index (χ4v) is 3.66. The van der Waals surface area contributed by atoms with Crippen molar-refractivity contribution in [1.29, 1.82) is 0 Å². The number of rotatable bonds is 8. The number of thioether (sulfide) groups is 1. The molecule has 17 heavy (non-hydrogen) atoms. The summed E-state index contributed by atoms with van der Waals surface area (Å²) < 4.78 is 0. The molecule has 2 N–H and O–H groups in total. The van der Waals surface area contributed by atoms with Crippen molar-refractivity contribution in [2.24, 2.45) is 5.73 Å². The van der Waals surface area contributed by atoms with Gasteiger partial charge in [-0.05, 0) is 43.7 Å². The Labute approximate surface area is 112 Å². The SMILES string of the molecule is CCCC1CCCCN1C(CN)CCSCC. The van der Waals surface area contributed by atoms with Crippen molar-refractivity contribution < 1.29 is 0 Å². The zero-order valence-electron chi connectivity index (χ0n) is 11.7. The molecule has 0 bridgehead atoms. The molecule has 1 aliphatic heterocycles. The van der Waals surface area contributed by atoms with Gasteiger partial charge < -0.3 is 5.73 Å². The van der Waals surface area contributed by atoms with Crippen LogP contribution in [0.4, 0.5) is 0 Å². The van der Waals surface area contributed by atoms with E-state index in [1.807, 2.05) is 11.8 Å². The first-order valence-corrected chi connectivity index (χ1v) is 8.52. The van der Waals surface area contributed by atoms with Gasteiger partial charge in [-0.1, -0.05) is 26.7 Å². The highest BCUT2D eigenvalue weighted by Crippen LogP contribution is 2.24. The van der Waals surface area contributed by atoms with E-state index in [4.69, 9.17) is 5.73 Å². The average Bonchev–Trinajstić information content (AvgIpc) is 2.36. The van der Waals surface area contributed by atoms with E-state index in [-0.39, 0.29) is 0 Å². The van der Waals surface area contributed by atoms with Crippen LogP contribution in [0.5, 0.6) is 0 Å². The van der Waals surface area contributed by atoms with Gasteiger partial charge in [-0.15, -0.1) is 0 Å². The Kier molecular flexibility index (Phi) is 8.33. The Bertz CT molecular complexity index is 185. The molecule has 2 atom stereocenters. The van der Waals surface area contributed by atoms with E-state index >= 15 is 0 Å². The summed E-state index contributed by atoms with van der Waals surface area (Å²) in [6.07, 6.45) is 8.12. The summed E-state index contributed by atoms with van der Waals surface area (Å²) in [5.74, 6) is 2.50. The largest absolute Gasteiger partial charge is 0.329 e. The molecule has 0 saturated carbocycles. The molecule has 1 aliphatic rings. The average molecular weight is 258 g/mol. The van der Waals surface area contributed by atoms with Crippen LogP contribution in [0.3, 0.4) is 0 Å². The Morgan fingerprint density at radius 3 is 2.82 bits per heavy atom. The highest BCUT2D eigenvalue weighted by Gasteiger charge is 2.26. The zero-order valence-corrected chi connectivity index (χ0v) is 12.5. The molecule has 0 amide bonds. The summed E-state index contributed by atoms with van der Waals surface area (Å²) in [6.45, 7) is 6.66. The van der Waals surface area contributed by atoms with Gasteiger partial charge in [0.1, 0.15) is 0 Å². The standard InChI is InChI=1S/C14H30N2S/c1-3-7-13-8-5-6-10-16(13)14(12-15)9-11-17-4-2/h13-14H,3-12,15H2,1-2H3. The van der Waals surface area contributed by atoms with E-state index in [0.717, 1.165) is 12.6 Å². The lowest BCUT2D eigenvalue weighted by Gasteiger charge is -2.41. The van der Waals surface area contributed by atoms with Gasteiger partial charge in [-0.25, -0.2) is 0 Å². The molecular weight excluding hydrogens is 228 g/mol. The molecule has 102 valence electrons. The number of nitrogens with zero attached hydrogens (tertiary/aromatic N) is 1. The van der Waals surface area contributed by atoms with Crippen molar-refractivity contribution in [3.05, 3.63) is 0 Å². The van der Waals surface area contributed by atoms with E-state index in [0.29, 0.717) is 6.04 Å². The molecule has 0 aromatic heterocycles. The molecule has 1 heterocycles. The Hall–Kier alpha value is 0.270. The van der Waals surface area contributed by atoms with Gasteiger partial charge in [0, 0.05) is 18.6 Å². The van der Waals surface area contributed by atoms with Gasteiger partial charge in [0.15, 0.2) is 0 Å². The molecule has 0 aromatic carbocycles.